The molecule has 5 rings (SSSR count). The molecule has 0 fully saturated rings. The first kappa shape index (κ1) is 21.5. The standard InChI is InChI=1S/C28H26N4O2/c1-34-22-14-12-20(13-15-22)24(25-19-29-26-11-6-5-10-23(25)26)18-30-28(33)27(32-17-7-16-31-32)21-8-3-2-4-9-21/h2-17,19,24,27,29H,18H2,1H3,(H,30,33). The number of rotatable bonds is 8. The second-order valence-electron chi connectivity index (χ2n) is 8.16. The summed E-state index contributed by atoms with van der Waals surface area (Å²) in [6, 6.07) is 27.2. The Morgan fingerprint density at radius 1 is 0.971 bits per heavy atom. The van der Waals surface area contributed by atoms with Crippen molar-refractivity contribution in [2.45, 2.75) is 12.0 Å². The van der Waals surface area contributed by atoms with Crippen LogP contribution in [0.5, 0.6) is 5.75 Å². The number of amides is 1. The molecule has 2 atom stereocenters. The van der Waals surface area contributed by atoms with Crippen molar-refractivity contribution < 1.29 is 9.53 Å². The lowest BCUT2D eigenvalue weighted by molar-refractivity contribution is -0.123. The van der Waals surface area contributed by atoms with Gasteiger partial charge in [-0.1, -0.05) is 60.7 Å². The Bertz CT molecular complexity index is 1360. The zero-order valence-corrected chi connectivity index (χ0v) is 18.9. The number of benzene rings is 3. The van der Waals surface area contributed by atoms with E-state index in [1.807, 2.05) is 73.1 Å². The average Bonchev–Trinajstić information content (AvgIpc) is 3.56. The number of carbonyl (C=O) groups is 1. The molecule has 5 aromatic rings. The Hall–Kier alpha value is -4.32. The minimum Gasteiger partial charge on any atom is -0.497 e. The van der Waals surface area contributed by atoms with E-state index in [2.05, 4.69) is 39.7 Å². The van der Waals surface area contributed by atoms with Crippen molar-refractivity contribution >= 4 is 16.8 Å². The first-order valence-corrected chi connectivity index (χ1v) is 11.3. The highest BCUT2D eigenvalue weighted by Gasteiger charge is 2.25. The highest BCUT2D eigenvalue weighted by molar-refractivity contribution is 5.85. The van der Waals surface area contributed by atoms with E-state index >= 15 is 0 Å². The summed E-state index contributed by atoms with van der Waals surface area (Å²) in [6.45, 7) is 0.442. The molecule has 170 valence electrons. The van der Waals surface area contributed by atoms with Gasteiger partial charge in [-0.25, -0.2) is 0 Å². The number of ether oxygens (including phenoxy) is 1. The molecule has 34 heavy (non-hydrogen) atoms. The van der Waals surface area contributed by atoms with E-state index in [9.17, 15) is 4.79 Å². The van der Waals surface area contributed by atoms with Crippen LogP contribution in [0.15, 0.2) is 104 Å². The summed E-state index contributed by atoms with van der Waals surface area (Å²) in [5.74, 6) is 0.654. The quantitative estimate of drug-likeness (QED) is 0.353. The fraction of sp³-hybridized carbons (Fsp3) is 0.143. The summed E-state index contributed by atoms with van der Waals surface area (Å²) in [6.07, 6.45) is 5.54. The summed E-state index contributed by atoms with van der Waals surface area (Å²) in [5, 5.41) is 8.69. The molecule has 0 bridgehead atoms. The van der Waals surface area contributed by atoms with Crippen molar-refractivity contribution in [1.82, 2.24) is 20.1 Å². The largest absolute Gasteiger partial charge is 0.497 e. The Morgan fingerprint density at radius 3 is 2.47 bits per heavy atom. The molecule has 0 radical (unpaired) electrons. The summed E-state index contributed by atoms with van der Waals surface area (Å²) in [7, 11) is 1.66. The zero-order valence-electron chi connectivity index (χ0n) is 18.9. The highest BCUT2D eigenvalue weighted by Crippen LogP contribution is 2.31. The molecule has 0 aliphatic carbocycles. The molecule has 0 aliphatic heterocycles. The third kappa shape index (κ3) is 4.30. The lowest BCUT2D eigenvalue weighted by Crippen LogP contribution is -2.36. The van der Waals surface area contributed by atoms with Gasteiger partial charge in [0.05, 0.1) is 7.11 Å². The highest BCUT2D eigenvalue weighted by atomic mass is 16.5. The van der Waals surface area contributed by atoms with Crippen molar-refractivity contribution in [2.75, 3.05) is 13.7 Å². The normalized spacial score (nSPS) is 12.9. The van der Waals surface area contributed by atoms with Crippen LogP contribution in [0.3, 0.4) is 0 Å². The van der Waals surface area contributed by atoms with Gasteiger partial charge in [0, 0.05) is 42.0 Å². The van der Waals surface area contributed by atoms with Gasteiger partial charge < -0.3 is 15.0 Å². The molecule has 3 aromatic carbocycles. The van der Waals surface area contributed by atoms with Crippen molar-refractivity contribution in [1.29, 1.82) is 0 Å². The van der Waals surface area contributed by atoms with Gasteiger partial charge in [-0.05, 0) is 41.0 Å². The number of carbonyl (C=O) groups excluding carboxylic acids is 1. The summed E-state index contributed by atoms with van der Waals surface area (Å²) >= 11 is 0. The fourth-order valence-corrected chi connectivity index (χ4v) is 4.42. The minimum absolute atomic E-state index is 0.0416. The molecule has 2 heterocycles. The number of aromatic amines is 1. The summed E-state index contributed by atoms with van der Waals surface area (Å²) in [5.41, 5.74) is 4.19. The lowest BCUT2D eigenvalue weighted by Gasteiger charge is -2.22. The molecular weight excluding hydrogens is 424 g/mol. The van der Waals surface area contributed by atoms with E-state index in [1.54, 1.807) is 18.0 Å². The number of para-hydroxylation sites is 1. The van der Waals surface area contributed by atoms with Crippen LogP contribution >= 0.6 is 0 Å². The van der Waals surface area contributed by atoms with Crippen LogP contribution in [0.2, 0.25) is 0 Å². The third-order valence-electron chi connectivity index (χ3n) is 6.15. The van der Waals surface area contributed by atoms with Crippen molar-refractivity contribution in [2.24, 2.45) is 0 Å². The maximum Gasteiger partial charge on any atom is 0.249 e. The van der Waals surface area contributed by atoms with E-state index < -0.39 is 6.04 Å². The second-order valence-corrected chi connectivity index (χ2v) is 8.16. The van der Waals surface area contributed by atoms with Crippen LogP contribution < -0.4 is 10.1 Å². The number of H-pyrrole nitrogens is 1. The van der Waals surface area contributed by atoms with Crippen molar-refractivity contribution in [3.05, 3.63) is 120 Å². The Labute approximate surface area is 198 Å². The molecule has 2 aromatic heterocycles. The number of hydrogen-bond acceptors (Lipinski definition) is 3. The number of methoxy groups -OCH3 is 1. The number of fused-ring (bicyclic) bond motifs is 1. The molecule has 0 saturated carbocycles. The maximum absolute atomic E-state index is 13.5. The monoisotopic (exact) mass is 450 g/mol. The molecule has 2 N–H and O–H groups in total. The molecule has 0 spiro atoms. The molecule has 2 unspecified atom stereocenters. The van der Waals surface area contributed by atoms with Crippen LogP contribution in [0, 0.1) is 0 Å². The SMILES string of the molecule is COc1ccc(C(CNC(=O)C(c2ccccc2)n2cccn2)c2c[nH]c3ccccc23)cc1. The number of nitrogens with zero attached hydrogens (tertiary/aromatic N) is 2. The number of hydrogen-bond donors (Lipinski definition) is 2. The van der Waals surface area contributed by atoms with E-state index in [0.29, 0.717) is 6.54 Å². The smallest absolute Gasteiger partial charge is 0.249 e. The molecule has 1 amide bonds. The Kier molecular flexibility index (Phi) is 6.12. The first-order chi connectivity index (χ1) is 16.7. The predicted octanol–water partition coefficient (Wildman–Crippen LogP) is 4.91. The molecule has 6 nitrogen and oxygen atoms in total. The van der Waals surface area contributed by atoms with Crippen LogP contribution in [0.4, 0.5) is 0 Å². The van der Waals surface area contributed by atoms with Gasteiger partial charge in [0.1, 0.15) is 5.75 Å². The average molecular weight is 451 g/mol. The zero-order chi connectivity index (χ0) is 23.3. The fourth-order valence-electron chi connectivity index (χ4n) is 4.42. The van der Waals surface area contributed by atoms with Crippen molar-refractivity contribution in [3.8, 4) is 5.75 Å². The second kappa shape index (κ2) is 9.67. The van der Waals surface area contributed by atoms with Gasteiger partial charge in [0.2, 0.25) is 5.91 Å². The van der Waals surface area contributed by atoms with Crippen molar-refractivity contribution in [3.63, 3.8) is 0 Å². The van der Waals surface area contributed by atoms with Gasteiger partial charge in [-0.2, -0.15) is 5.10 Å². The first-order valence-electron chi connectivity index (χ1n) is 11.3. The Balaban J connectivity index is 1.47. The van der Waals surface area contributed by atoms with Gasteiger partial charge in [0.25, 0.3) is 0 Å². The number of nitrogens with one attached hydrogen (secondary N) is 2. The van der Waals surface area contributed by atoms with E-state index in [0.717, 1.165) is 33.3 Å². The van der Waals surface area contributed by atoms with Gasteiger partial charge in [-0.15, -0.1) is 0 Å². The molecule has 0 saturated heterocycles. The topological polar surface area (TPSA) is 71.9 Å². The summed E-state index contributed by atoms with van der Waals surface area (Å²) < 4.78 is 7.04. The van der Waals surface area contributed by atoms with Gasteiger partial charge in [-0.3, -0.25) is 9.48 Å². The van der Waals surface area contributed by atoms with Crippen LogP contribution in [-0.4, -0.2) is 34.3 Å². The van der Waals surface area contributed by atoms with Gasteiger partial charge >= 0.3 is 0 Å². The van der Waals surface area contributed by atoms with E-state index in [-0.39, 0.29) is 11.8 Å². The van der Waals surface area contributed by atoms with Crippen LogP contribution in [0.1, 0.15) is 28.7 Å². The summed E-state index contributed by atoms with van der Waals surface area (Å²) in [4.78, 5) is 16.9. The lowest BCUT2D eigenvalue weighted by atomic mass is 9.90. The van der Waals surface area contributed by atoms with Gasteiger partial charge in [0.15, 0.2) is 6.04 Å². The molecule has 6 heteroatoms. The van der Waals surface area contributed by atoms with E-state index in [4.69, 9.17) is 4.74 Å². The predicted molar refractivity (Wildman–Crippen MR) is 133 cm³/mol. The third-order valence-corrected chi connectivity index (χ3v) is 6.15. The molecule has 0 aliphatic rings. The molecular formula is C28H26N4O2. The van der Waals surface area contributed by atoms with E-state index in [1.165, 1.54) is 0 Å². The maximum atomic E-state index is 13.5. The van der Waals surface area contributed by atoms with Crippen LogP contribution in [-0.2, 0) is 4.79 Å². The number of aromatic nitrogens is 3. The van der Waals surface area contributed by atoms with Crippen LogP contribution in [0.25, 0.3) is 10.9 Å². The Morgan fingerprint density at radius 2 is 1.74 bits per heavy atom. The minimum atomic E-state index is -0.546.